The summed E-state index contributed by atoms with van der Waals surface area (Å²) in [6, 6.07) is -0.298. The summed E-state index contributed by atoms with van der Waals surface area (Å²) in [7, 11) is 0. The Hall–Kier alpha value is -1.79. The Morgan fingerprint density at radius 3 is 2.56 bits per heavy atom. The van der Waals surface area contributed by atoms with Crippen molar-refractivity contribution in [1.29, 1.82) is 0 Å². The van der Waals surface area contributed by atoms with E-state index in [0.29, 0.717) is 0 Å². The fourth-order valence-electron chi connectivity index (χ4n) is 1.51. The maximum absolute atomic E-state index is 12.8. The van der Waals surface area contributed by atoms with Crippen LogP contribution in [0.1, 0.15) is 11.6 Å². The lowest BCUT2D eigenvalue weighted by molar-refractivity contribution is -0.155. The molecule has 1 aromatic rings. The third-order valence-electron chi connectivity index (χ3n) is 2.18. The first-order valence-corrected chi connectivity index (χ1v) is 4.31. The fraction of sp³-hybridized carbons (Fsp3) is 0.222. The standard InChI is InChI=1S/C9H6F4N2O/c10-4-1-2-6-5(3-4)7(9(11,12)13)15-8(16)14-6/h1-3,7H,(H2,14,15,16). The molecule has 0 bridgehead atoms. The zero-order valence-corrected chi connectivity index (χ0v) is 7.73. The summed E-state index contributed by atoms with van der Waals surface area (Å²) in [5.74, 6) is -0.786. The lowest BCUT2D eigenvalue weighted by Gasteiger charge is -2.28. The van der Waals surface area contributed by atoms with E-state index in [-0.39, 0.29) is 11.3 Å². The Balaban J connectivity index is 2.52. The van der Waals surface area contributed by atoms with Crippen molar-refractivity contribution in [2.24, 2.45) is 0 Å². The van der Waals surface area contributed by atoms with Gasteiger partial charge in [-0.2, -0.15) is 13.2 Å². The summed E-state index contributed by atoms with van der Waals surface area (Å²) in [5.41, 5.74) is -0.362. The van der Waals surface area contributed by atoms with E-state index in [1.807, 2.05) is 0 Å². The van der Waals surface area contributed by atoms with Crippen molar-refractivity contribution in [3.63, 3.8) is 0 Å². The van der Waals surface area contributed by atoms with Crippen LogP contribution in [-0.4, -0.2) is 12.2 Å². The van der Waals surface area contributed by atoms with E-state index in [2.05, 4.69) is 5.32 Å². The zero-order valence-electron chi connectivity index (χ0n) is 7.73. The Kier molecular flexibility index (Phi) is 2.25. The van der Waals surface area contributed by atoms with Crippen molar-refractivity contribution >= 4 is 11.7 Å². The molecule has 1 aromatic carbocycles. The van der Waals surface area contributed by atoms with Gasteiger partial charge in [0.25, 0.3) is 0 Å². The van der Waals surface area contributed by atoms with E-state index in [9.17, 15) is 22.4 Å². The minimum absolute atomic E-state index is 0.0347. The summed E-state index contributed by atoms with van der Waals surface area (Å²) >= 11 is 0. The van der Waals surface area contributed by atoms with E-state index >= 15 is 0 Å². The molecule has 1 unspecified atom stereocenters. The molecule has 86 valence electrons. The van der Waals surface area contributed by atoms with E-state index in [4.69, 9.17) is 0 Å². The molecule has 0 aliphatic carbocycles. The maximum Gasteiger partial charge on any atom is 0.413 e. The molecule has 0 saturated carbocycles. The van der Waals surface area contributed by atoms with Crippen molar-refractivity contribution in [1.82, 2.24) is 5.32 Å². The van der Waals surface area contributed by atoms with Crippen molar-refractivity contribution in [3.8, 4) is 0 Å². The van der Waals surface area contributed by atoms with Crippen LogP contribution in [0.4, 0.5) is 28.0 Å². The second-order valence-electron chi connectivity index (χ2n) is 3.30. The molecule has 7 heteroatoms. The van der Waals surface area contributed by atoms with E-state index < -0.39 is 24.1 Å². The number of rotatable bonds is 0. The summed E-state index contributed by atoms with van der Waals surface area (Å²) in [6.07, 6.45) is -4.65. The maximum atomic E-state index is 12.8. The molecule has 2 N–H and O–H groups in total. The normalized spacial score (nSPS) is 19.8. The number of nitrogens with one attached hydrogen (secondary N) is 2. The van der Waals surface area contributed by atoms with Crippen molar-refractivity contribution in [2.75, 3.05) is 5.32 Å². The average molecular weight is 234 g/mol. The van der Waals surface area contributed by atoms with Crippen LogP contribution < -0.4 is 10.6 Å². The number of alkyl halides is 3. The molecule has 0 spiro atoms. The molecule has 0 radical (unpaired) electrons. The quantitative estimate of drug-likeness (QED) is 0.665. The van der Waals surface area contributed by atoms with Gasteiger partial charge in [0, 0.05) is 11.3 Å². The monoisotopic (exact) mass is 234 g/mol. The van der Waals surface area contributed by atoms with E-state index in [1.54, 1.807) is 5.32 Å². The van der Waals surface area contributed by atoms with E-state index in [0.717, 1.165) is 18.2 Å². The van der Waals surface area contributed by atoms with Crippen molar-refractivity contribution < 1.29 is 22.4 Å². The summed E-state index contributed by atoms with van der Waals surface area (Å²) in [4.78, 5) is 11.0. The predicted molar refractivity (Wildman–Crippen MR) is 47.4 cm³/mol. The highest BCUT2D eigenvalue weighted by Gasteiger charge is 2.45. The Labute approximate surface area is 87.4 Å². The molecule has 0 saturated heterocycles. The van der Waals surface area contributed by atoms with Crippen LogP contribution in [0, 0.1) is 5.82 Å². The number of benzene rings is 1. The minimum Gasteiger partial charge on any atom is -0.322 e. The Morgan fingerprint density at radius 2 is 1.94 bits per heavy atom. The molecule has 1 aliphatic rings. The smallest absolute Gasteiger partial charge is 0.322 e. The van der Waals surface area contributed by atoms with Crippen LogP contribution in [0.5, 0.6) is 0 Å². The van der Waals surface area contributed by atoms with Gasteiger partial charge in [-0.05, 0) is 18.2 Å². The molecule has 0 fully saturated rings. The molecule has 2 rings (SSSR count). The highest BCUT2D eigenvalue weighted by Crippen LogP contribution is 2.38. The zero-order chi connectivity index (χ0) is 11.9. The van der Waals surface area contributed by atoms with Crippen molar-refractivity contribution in [3.05, 3.63) is 29.6 Å². The van der Waals surface area contributed by atoms with Crippen LogP contribution in [0.25, 0.3) is 0 Å². The minimum atomic E-state index is -4.65. The molecule has 16 heavy (non-hydrogen) atoms. The number of anilines is 1. The molecule has 1 atom stereocenters. The van der Waals surface area contributed by atoms with Gasteiger partial charge in [-0.15, -0.1) is 0 Å². The van der Waals surface area contributed by atoms with Crippen LogP contribution >= 0.6 is 0 Å². The molecule has 0 aromatic heterocycles. The van der Waals surface area contributed by atoms with Crippen LogP contribution in [0.2, 0.25) is 0 Å². The highest BCUT2D eigenvalue weighted by molar-refractivity contribution is 5.93. The van der Waals surface area contributed by atoms with Gasteiger partial charge in [-0.3, -0.25) is 0 Å². The first-order chi connectivity index (χ1) is 7.38. The van der Waals surface area contributed by atoms with Crippen LogP contribution in [0.15, 0.2) is 18.2 Å². The largest absolute Gasteiger partial charge is 0.413 e. The number of urea groups is 1. The molecule has 2 amide bonds. The van der Waals surface area contributed by atoms with Crippen LogP contribution in [0.3, 0.4) is 0 Å². The highest BCUT2D eigenvalue weighted by atomic mass is 19.4. The molecule has 1 heterocycles. The topological polar surface area (TPSA) is 41.1 Å². The average Bonchev–Trinajstić information content (AvgIpc) is 2.16. The number of amides is 2. The first kappa shape index (κ1) is 10.7. The summed E-state index contributed by atoms with van der Waals surface area (Å²) in [6.45, 7) is 0. The van der Waals surface area contributed by atoms with Gasteiger partial charge >= 0.3 is 12.2 Å². The fourth-order valence-corrected chi connectivity index (χ4v) is 1.51. The summed E-state index contributed by atoms with van der Waals surface area (Å²) < 4.78 is 50.5. The second-order valence-corrected chi connectivity index (χ2v) is 3.30. The van der Waals surface area contributed by atoms with Gasteiger partial charge in [0.2, 0.25) is 0 Å². The van der Waals surface area contributed by atoms with Gasteiger partial charge in [0.15, 0.2) is 6.04 Å². The lowest BCUT2D eigenvalue weighted by Crippen LogP contribution is -2.44. The van der Waals surface area contributed by atoms with Crippen LogP contribution in [-0.2, 0) is 0 Å². The number of carbonyl (C=O) groups is 1. The second kappa shape index (κ2) is 3.36. The van der Waals surface area contributed by atoms with Gasteiger partial charge < -0.3 is 10.6 Å². The molecule has 3 nitrogen and oxygen atoms in total. The van der Waals surface area contributed by atoms with Gasteiger partial charge in [-0.25, -0.2) is 9.18 Å². The number of hydrogen-bond donors (Lipinski definition) is 2. The molecular formula is C9H6F4N2O. The van der Waals surface area contributed by atoms with Gasteiger partial charge in [0.05, 0.1) is 0 Å². The third-order valence-corrected chi connectivity index (χ3v) is 2.18. The van der Waals surface area contributed by atoms with Gasteiger partial charge in [-0.1, -0.05) is 0 Å². The number of fused-ring (bicyclic) bond motifs is 1. The van der Waals surface area contributed by atoms with E-state index in [1.165, 1.54) is 0 Å². The first-order valence-electron chi connectivity index (χ1n) is 4.31. The molecule has 1 aliphatic heterocycles. The number of carbonyl (C=O) groups excluding carboxylic acids is 1. The molecular weight excluding hydrogens is 228 g/mol. The predicted octanol–water partition coefficient (Wildman–Crippen LogP) is 2.56. The third kappa shape index (κ3) is 1.80. The number of hydrogen-bond acceptors (Lipinski definition) is 1. The van der Waals surface area contributed by atoms with Crippen molar-refractivity contribution in [2.45, 2.75) is 12.2 Å². The Morgan fingerprint density at radius 1 is 1.25 bits per heavy atom. The van der Waals surface area contributed by atoms with Gasteiger partial charge in [0.1, 0.15) is 5.82 Å². The lowest BCUT2D eigenvalue weighted by atomic mass is 10.0. The number of halogens is 4. The Bertz CT molecular complexity index is 444. The summed E-state index contributed by atoms with van der Waals surface area (Å²) in [5, 5.41) is 3.87. The SMILES string of the molecule is O=C1Nc2ccc(F)cc2C(C(F)(F)F)N1.